The molecule has 0 atom stereocenters. The predicted octanol–water partition coefficient (Wildman–Crippen LogP) is 4.67. The van der Waals surface area contributed by atoms with Crippen LogP contribution < -0.4 is 0 Å². The average Bonchev–Trinajstić information content (AvgIpc) is 3.17. The third kappa shape index (κ3) is 3.05. The van der Waals surface area contributed by atoms with Crippen LogP contribution in [0.4, 0.5) is 4.39 Å². The number of carbonyl (C=O) groups is 1. The highest BCUT2D eigenvalue weighted by Gasteiger charge is 2.44. The van der Waals surface area contributed by atoms with Crippen LogP contribution in [0.1, 0.15) is 41.7 Å². The summed E-state index contributed by atoms with van der Waals surface area (Å²) < 4.78 is 13.7. The zero-order valence-corrected chi connectivity index (χ0v) is 14.5. The second-order valence-electron chi connectivity index (χ2n) is 6.49. The Kier molecular flexibility index (Phi) is 4.53. The molecule has 0 aliphatic heterocycles. The van der Waals surface area contributed by atoms with Crippen molar-refractivity contribution in [1.82, 2.24) is 4.90 Å². The largest absolute Gasteiger partial charge is 0.340 e. The monoisotopic (exact) mass is 331 g/mol. The van der Waals surface area contributed by atoms with Gasteiger partial charge in [0.15, 0.2) is 0 Å². The molecule has 1 aromatic carbocycles. The molecule has 0 unspecified atom stereocenters. The van der Waals surface area contributed by atoms with Crippen molar-refractivity contribution in [2.75, 3.05) is 7.05 Å². The van der Waals surface area contributed by atoms with E-state index in [2.05, 4.69) is 18.4 Å². The molecule has 2 aromatic rings. The van der Waals surface area contributed by atoms with E-state index in [4.69, 9.17) is 0 Å². The van der Waals surface area contributed by atoms with Gasteiger partial charge in [0, 0.05) is 11.9 Å². The summed E-state index contributed by atoms with van der Waals surface area (Å²) in [6, 6.07) is 8.66. The zero-order chi connectivity index (χ0) is 16.4. The maximum Gasteiger partial charge on any atom is 0.233 e. The standard InChI is InChI=1S/C19H22FNOS/c1-14-8-11-23-17(14)13-21(2)18(22)19(9-3-4-10-19)15-6-5-7-16(20)12-15/h5-8,11-12H,3-4,9-10,13H2,1-2H3. The summed E-state index contributed by atoms with van der Waals surface area (Å²) in [7, 11) is 1.86. The van der Waals surface area contributed by atoms with Crippen molar-refractivity contribution in [1.29, 1.82) is 0 Å². The van der Waals surface area contributed by atoms with Crippen LogP contribution in [-0.4, -0.2) is 17.9 Å². The number of rotatable bonds is 4. The lowest BCUT2D eigenvalue weighted by Crippen LogP contribution is -2.43. The van der Waals surface area contributed by atoms with Gasteiger partial charge >= 0.3 is 0 Å². The number of nitrogens with zero attached hydrogens (tertiary/aromatic N) is 1. The third-order valence-electron chi connectivity index (χ3n) is 4.94. The van der Waals surface area contributed by atoms with E-state index in [1.807, 2.05) is 18.0 Å². The van der Waals surface area contributed by atoms with Gasteiger partial charge in [0.1, 0.15) is 5.82 Å². The molecule has 122 valence electrons. The fourth-order valence-corrected chi connectivity index (χ4v) is 4.57. The Balaban J connectivity index is 1.88. The van der Waals surface area contributed by atoms with E-state index in [1.54, 1.807) is 17.4 Å². The van der Waals surface area contributed by atoms with Gasteiger partial charge in [-0.05, 0) is 54.5 Å². The van der Waals surface area contributed by atoms with Gasteiger partial charge in [-0.2, -0.15) is 0 Å². The highest BCUT2D eigenvalue weighted by atomic mass is 32.1. The molecule has 0 radical (unpaired) electrons. The fourth-order valence-electron chi connectivity index (χ4n) is 3.61. The Labute approximate surface area is 140 Å². The van der Waals surface area contributed by atoms with Crippen LogP contribution in [-0.2, 0) is 16.8 Å². The van der Waals surface area contributed by atoms with Gasteiger partial charge < -0.3 is 4.90 Å². The summed E-state index contributed by atoms with van der Waals surface area (Å²) >= 11 is 1.68. The molecule has 1 heterocycles. The van der Waals surface area contributed by atoms with Crippen LogP contribution in [0.3, 0.4) is 0 Å². The molecular weight excluding hydrogens is 309 g/mol. The lowest BCUT2D eigenvalue weighted by atomic mass is 9.77. The van der Waals surface area contributed by atoms with Crippen molar-refractivity contribution in [2.24, 2.45) is 0 Å². The van der Waals surface area contributed by atoms with E-state index in [0.717, 1.165) is 31.2 Å². The topological polar surface area (TPSA) is 20.3 Å². The first-order valence-electron chi connectivity index (χ1n) is 8.07. The number of hydrogen-bond acceptors (Lipinski definition) is 2. The van der Waals surface area contributed by atoms with Crippen molar-refractivity contribution in [3.63, 3.8) is 0 Å². The van der Waals surface area contributed by atoms with Gasteiger partial charge in [0.05, 0.1) is 12.0 Å². The Morgan fingerprint density at radius 3 is 2.65 bits per heavy atom. The Bertz CT molecular complexity index is 703. The molecule has 1 saturated carbocycles. The van der Waals surface area contributed by atoms with Crippen LogP contribution in [0.15, 0.2) is 35.7 Å². The fraction of sp³-hybridized carbons (Fsp3) is 0.421. The Morgan fingerprint density at radius 2 is 2.04 bits per heavy atom. The Morgan fingerprint density at radius 1 is 1.30 bits per heavy atom. The molecule has 1 aromatic heterocycles. The van der Waals surface area contributed by atoms with Gasteiger partial charge in [0.2, 0.25) is 5.91 Å². The summed E-state index contributed by atoms with van der Waals surface area (Å²) in [5, 5.41) is 2.06. The van der Waals surface area contributed by atoms with Crippen LogP contribution >= 0.6 is 11.3 Å². The van der Waals surface area contributed by atoms with Crippen LogP contribution in [0, 0.1) is 12.7 Å². The molecular formula is C19H22FNOS. The lowest BCUT2D eigenvalue weighted by molar-refractivity contribution is -0.136. The van der Waals surface area contributed by atoms with E-state index in [9.17, 15) is 9.18 Å². The number of likely N-dealkylation sites (N-methyl/N-ethyl adjacent to an activating group) is 1. The second kappa shape index (κ2) is 6.44. The molecule has 23 heavy (non-hydrogen) atoms. The van der Waals surface area contributed by atoms with E-state index in [-0.39, 0.29) is 11.7 Å². The molecule has 1 fully saturated rings. The van der Waals surface area contributed by atoms with Crippen molar-refractivity contribution in [3.05, 3.63) is 57.5 Å². The highest BCUT2D eigenvalue weighted by Crippen LogP contribution is 2.43. The third-order valence-corrected chi connectivity index (χ3v) is 5.95. The minimum atomic E-state index is -0.554. The molecule has 0 spiro atoms. The summed E-state index contributed by atoms with van der Waals surface area (Å²) in [6.45, 7) is 2.70. The molecule has 2 nitrogen and oxygen atoms in total. The summed E-state index contributed by atoms with van der Waals surface area (Å²) in [6.07, 6.45) is 3.66. The number of aryl methyl sites for hydroxylation is 1. The van der Waals surface area contributed by atoms with Gasteiger partial charge in [-0.25, -0.2) is 4.39 Å². The zero-order valence-electron chi connectivity index (χ0n) is 13.6. The molecule has 0 N–H and O–H groups in total. The highest BCUT2D eigenvalue weighted by molar-refractivity contribution is 7.10. The molecule has 1 aliphatic rings. The van der Waals surface area contributed by atoms with E-state index < -0.39 is 5.41 Å². The average molecular weight is 331 g/mol. The number of amides is 1. The molecule has 0 bridgehead atoms. The number of halogens is 1. The number of hydrogen-bond donors (Lipinski definition) is 0. The molecule has 3 rings (SSSR count). The quantitative estimate of drug-likeness (QED) is 0.797. The first-order chi connectivity index (χ1) is 11.0. The Hall–Kier alpha value is -1.68. The summed E-state index contributed by atoms with van der Waals surface area (Å²) in [4.78, 5) is 16.3. The van der Waals surface area contributed by atoms with Gasteiger partial charge in [0.25, 0.3) is 0 Å². The SMILES string of the molecule is Cc1ccsc1CN(C)C(=O)C1(c2cccc(F)c2)CCCC1. The maximum absolute atomic E-state index is 13.7. The number of benzene rings is 1. The lowest BCUT2D eigenvalue weighted by Gasteiger charge is -2.33. The van der Waals surface area contributed by atoms with E-state index >= 15 is 0 Å². The predicted molar refractivity (Wildman–Crippen MR) is 92.1 cm³/mol. The second-order valence-corrected chi connectivity index (χ2v) is 7.49. The van der Waals surface area contributed by atoms with Crippen molar-refractivity contribution in [2.45, 2.75) is 44.6 Å². The number of thiophene rings is 1. The van der Waals surface area contributed by atoms with Gasteiger partial charge in [-0.3, -0.25) is 4.79 Å². The maximum atomic E-state index is 13.7. The van der Waals surface area contributed by atoms with Gasteiger partial charge in [-0.15, -0.1) is 11.3 Å². The summed E-state index contributed by atoms with van der Waals surface area (Å²) in [5.41, 5.74) is 1.50. The van der Waals surface area contributed by atoms with Crippen molar-refractivity contribution >= 4 is 17.2 Å². The molecule has 4 heteroatoms. The minimum Gasteiger partial charge on any atom is -0.340 e. The smallest absolute Gasteiger partial charge is 0.233 e. The first-order valence-corrected chi connectivity index (χ1v) is 8.95. The van der Waals surface area contributed by atoms with Crippen molar-refractivity contribution < 1.29 is 9.18 Å². The molecule has 1 amide bonds. The van der Waals surface area contributed by atoms with E-state index in [0.29, 0.717) is 6.54 Å². The van der Waals surface area contributed by atoms with Crippen LogP contribution in [0.25, 0.3) is 0 Å². The normalized spacial score (nSPS) is 16.5. The number of carbonyl (C=O) groups excluding carboxylic acids is 1. The molecule has 0 saturated heterocycles. The van der Waals surface area contributed by atoms with Gasteiger partial charge in [-0.1, -0.05) is 25.0 Å². The summed E-state index contributed by atoms with van der Waals surface area (Å²) in [5.74, 6) is -0.147. The van der Waals surface area contributed by atoms with E-state index in [1.165, 1.54) is 22.6 Å². The van der Waals surface area contributed by atoms with Crippen LogP contribution in [0.5, 0.6) is 0 Å². The minimum absolute atomic E-state index is 0.119. The van der Waals surface area contributed by atoms with Crippen LogP contribution in [0.2, 0.25) is 0 Å². The van der Waals surface area contributed by atoms with Crippen molar-refractivity contribution in [3.8, 4) is 0 Å². The first kappa shape index (κ1) is 16.2. The molecule has 1 aliphatic carbocycles.